The van der Waals surface area contributed by atoms with Gasteiger partial charge in [0.1, 0.15) is 0 Å². The maximum Gasteiger partial charge on any atom is 0.303 e. The van der Waals surface area contributed by atoms with E-state index in [1.165, 1.54) is 32.1 Å². The quantitative estimate of drug-likeness (QED) is 0.100. The average Bonchev–Trinajstić information content (AvgIpc) is 3.74. The van der Waals surface area contributed by atoms with E-state index in [2.05, 4.69) is 46.9 Å². The van der Waals surface area contributed by atoms with Crippen molar-refractivity contribution < 1.29 is 48.1 Å². The number of aliphatic hydroxyl groups excluding tert-OH is 4. The van der Waals surface area contributed by atoms with E-state index < -0.39 is 21.8 Å². The number of aliphatic hydroxyl groups is 4. The molecule has 8 unspecified atom stereocenters. The minimum Gasteiger partial charge on any atom is -0.481 e. The molecule has 12 heteroatoms. The zero-order chi connectivity index (χ0) is 45.2. The molecule has 356 valence electrons. The molecule has 8 fully saturated rings. The Hall–Kier alpha value is -1.31. The highest BCUT2D eigenvalue weighted by atomic mass is 32.2. The van der Waals surface area contributed by atoms with Crippen LogP contribution in [0.1, 0.15) is 170 Å². The topological polar surface area (TPSA) is 202 Å². The van der Waals surface area contributed by atoms with Gasteiger partial charge in [-0.1, -0.05) is 41.5 Å². The second kappa shape index (κ2) is 18.4. The van der Waals surface area contributed by atoms with Gasteiger partial charge in [0.15, 0.2) is 0 Å². The number of carboxylic acids is 1. The number of carbonyl (C=O) groups is 2. The standard InChI is InChI=1S/C26H45NO6S.C24H40O4/c1-16(4-7-23(30)27-12-13-34(31,32)33)19-5-6-20-24-21(9-11-26(19,20)3)25(2)10-8-18(28)14-17(25)15-22(24)29;1-14(4-7-21(27)28)17-5-6-18-22-19(9-11-24(17,18)3)23(2)10-8-16(25)12-15(23)13-20(22)26/h16-22,24,28-29H,4-15H2,1-3H3,(H,27,30)(H,31,32,33);14-20,22,25-26H,4-13H2,1-3H3,(H,27,28)/t16-,17+,18-,19?,20?,21?,22-,24?,25+,26-;14-,15+,16-,17?,18?,19?,20-,22?,23+,24-/m11/s1. The van der Waals surface area contributed by atoms with Crippen molar-refractivity contribution in [2.75, 3.05) is 12.3 Å². The van der Waals surface area contributed by atoms with Crippen molar-refractivity contribution in [3.8, 4) is 0 Å². The molecule has 0 aromatic heterocycles. The molecule has 0 aliphatic heterocycles. The number of hydrogen-bond acceptors (Lipinski definition) is 8. The number of carbonyl (C=O) groups excluding carboxylic acids is 1. The van der Waals surface area contributed by atoms with Crippen molar-refractivity contribution in [3.63, 3.8) is 0 Å². The lowest BCUT2D eigenvalue weighted by Gasteiger charge is -2.62. The molecule has 0 spiro atoms. The lowest BCUT2D eigenvalue weighted by atomic mass is 9.43. The number of hydrogen-bond donors (Lipinski definition) is 7. The molecule has 0 radical (unpaired) electrons. The molecule has 0 bridgehead atoms. The van der Waals surface area contributed by atoms with Crippen LogP contribution >= 0.6 is 0 Å². The molecule has 0 aromatic carbocycles. The van der Waals surface area contributed by atoms with E-state index in [0.29, 0.717) is 77.4 Å². The lowest BCUT2D eigenvalue weighted by Crippen LogP contribution is -2.58. The van der Waals surface area contributed by atoms with Gasteiger partial charge in [0.2, 0.25) is 5.91 Å². The summed E-state index contributed by atoms with van der Waals surface area (Å²) in [5.74, 6) is 4.46. The molecule has 0 aromatic rings. The number of nitrogens with one attached hydrogen (secondary N) is 1. The summed E-state index contributed by atoms with van der Waals surface area (Å²) in [6, 6.07) is 0. The molecular weight excluding hydrogens is 807 g/mol. The van der Waals surface area contributed by atoms with Crippen molar-refractivity contribution in [3.05, 3.63) is 0 Å². The minimum absolute atomic E-state index is 0.0625. The molecule has 0 saturated heterocycles. The van der Waals surface area contributed by atoms with Crippen LogP contribution in [0.2, 0.25) is 0 Å². The van der Waals surface area contributed by atoms with Crippen molar-refractivity contribution in [2.24, 2.45) is 92.7 Å². The van der Waals surface area contributed by atoms with Gasteiger partial charge in [0.25, 0.3) is 10.1 Å². The van der Waals surface area contributed by atoms with Crippen molar-refractivity contribution in [1.29, 1.82) is 0 Å². The highest BCUT2D eigenvalue weighted by molar-refractivity contribution is 7.85. The fourth-order valence-electron chi connectivity index (χ4n) is 17.9. The van der Waals surface area contributed by atoms with Gasteiger partial charge in [-0.05, 0) is 208 Å². The van der Waals surface area contributed by atoms with Crippen LogP contribution in [0.4, 0.5) is 0 Å². The molecule has 8 rings (SSSR count). The van der Waals surface area contributed by atoms with Crippen LogP contribution in [0.3, 0.4) is 0 Å². The van der Waals surface area contributed by atoms with Crippen LogP contribution in [-0.4, -0.2) is 87.1 Å². The first kappa shape index (κ1) is 48.6. The fraction of sp³-hybridized carbons (Fsp3) is 0.960. The number of aliphatic carboxylic acids is 1. The van der Waals surface area contributed by atoms with Gasteiger partial charge in [-0.2, -0.15) is 8.42 Å². The third kappa shape index (κ3) is 9.20. The van der Waals surface area contributed by atoms with Crippen molar-refractivity contribution >= 4 is 22.0 Å². The Kier molecular flexibility index (Phi) is 14.4. The Labute approximate surface area is 373 Å². The summed E-state index contributed by atoms with van der Waals surface area (Å²) in [6.07, 6.45) is 18.1. The summed E-state index contributed by atoms with van der Waals surface area (Å²) in [7, 11) is -4.06. The van der Waals surface area contributed by atoms with E-state index in [0.717, 1.165) is 83.5 Å². The van der Waals surface area contributed by atoms with Gasteiger partial charge in [-0.3, -0.25) is 14.1 Å². The highest BCUT2D eigenvalue weighted by Gasteiger charge is 2.64. The van der Waals surface area contributed by atoms with Gasteiger partial charge in [-0.25, -0.2) is 0 Å². The summed E-state index contributed by atoms with van der Waals surface area (Å²) in [6.45, 7) is 14.2. The highest BCUT2D eigenvalue weighted by Crippen LogP contribution is 2.70. The third-order valence-electron chi connectivity index (χ3n) is 21.2. The second-order valence-corrected chi connectivity index (χ2v) is 25.5. The number of amides is 1. The monoisotopic (exact) mass is 892 g/mol. The van der Waals surface area contributed by atoms with Crippen molar-refractivity contribution in [2.45, 2.75) is 194 Å². The summed E-state index contributed by atoms with van der Waals surface area (Å²) >= 11 is 0. The molecule has 0 heterocycles. The van der Waals surface area contributed by atoms with E-state index in [9.17, 15) is 38.4 Å². The second-order valence-electron chi connectivity index (χ2n) is 24.0. The summed E-state index contributed by atoms with van der Waals surface area (Å²) in [4.78, 5) is 23.2. The third-order valence-corrected chi connectivity index (χ3v) is 21.9. The maximum absolute atomic E-state index is 12.2. The Morgan fingerprint density at radius 3 is 1.42 bits per heavy atom. The van der Waals surface area contributed by atoms with E-state index in [4.69, 9.17) is 9.66 Å². The zero-order valence-electron chi connectivity index (χ0n) is 39.0. The maximum atomic E-state index is 12.2. The number of carboxylic acid groups (broad SMARTS) is 1. The molecule has 11 nitrogen and oxygen atoms in total. The SMILES string of the molecule is C[C@H](CCC(=O)NCCS(=O)(=O)O)C1CCC2C3C(CC[C@@]21C)[C@@]1(C)CC[C@@H](O)C[C@H]1C[C@H]3O.C[C@H](CCC(=O)O)C1CCC2C3C(CC[C@@]21C)[C@@]1(C)CC[C@@H](O)C[C@H]1C[C@H]3O. The van der Waals surface area contributed by atoms with E-state index in [1.807, 2.05) is 0 Å². The first-order chi connectivity index (χ1) is 29.0. The Bertz CT molecular complexity index is 1710. The smallest absolute Gasteiger partial charge is 0.303 e. The number of rotatable bonds is 11. The minimum atomic E-state index is -4.06. The van der Waals surface area contributed by atoms with Crippen molar-refractivity contribution in [1.82, 2.24) is 5.32 Å². The Morgan fingerprint density at radius 1 is 0.597 bits per heavy atom. The molecule has 8 aliphatic rings. The van der Waals surface area contributed by atoms with Gasteiger partial charge in [-0.15, -0.1) is 0 Å². The zero-order valence-corrected chi connectivity index (χ0v) is 39.8. The van der Waals surface area contributed by atoms with E-state index >= 15 is 0 Å². The first-order valence-electron chi connectivity index (χ1n) is 25.2. The molecule has 20 atom stereocenters. The number of fused-ring (bicyclic) bond motifs is 10. The van der Waals surface area contributed by atoms with Crippen LogP contribution in [0.25, 0.3) is 0 Å². The first-order valence-corrected chi connectivity index (χ1v) is 26.8. The van der Waals surface area contributed by atoms with Gasteiger partial charge in [0.05, 0.1) is 30.2 Å². The van der Waals surface area contributed by atoms with Gasteiger partial charge in [0, 0.05) is 19.4 Å². The Morgan fingerprint density at radius 2 is 1.00 bits per heavy atom. The van der Waals surface area contributed by atoms with Crippen LogP contribution < -0.4 is 5.32 Å². The largest absolute Gasteiger partial charge is 0.481 e. The van der Waals surface area contributed by atoms with E-state index in [-0.39, 0.29) is 64.9 Å². The van der Waals surface area contributed by atoms with Crippen LogP contribution in [0.15, 0.2) is 0 Å². The molecule has 8 aliphatic carbocycles. The van der Waals surface area contributed by atoms with E-state index in [1.54, 1.807) is 0 Å². The summed E-state index contributed by atoms with van der Waals surface area (Å²) in [5.41, 5.74) is 0.934. The summed E-state index contributed by atoms with van der Waals surface area (Å²) < 4.78 is 30.5. The van der Waals surface area contributed by atoms with Crippen LogP contribution in [-0.2, 0) is 19.7 Å². The normalized spacial score (nSPS) is 48.0. The molecule has 62 heavy (non-hydrogen) atoms. The molecule has 8 saturated carbocycles. The van der Waals surface area contributed by atoms with Crippen LogP contribution in [0, 0.1) is 92.7 Å². The van der Waals surface area contributed by atoms with Crippen LogP contribution in [0.5, 0.6) is 0 Å². The fourth-order valence-corrected chi connectivity index (χ4v) is 18.2. The lowest BCUT2D eigenvalue weighted by molar-refractivity contribution is -0.174. The average molecular weight is 892 g/mol. The molecular formula is C50H85NO10S. The van der Waals surface area contributed by atoms with Gasteiger partial charge >= 0.3 is 5.97 Å². The Balaban J connectivity index is 0.000000190. The predicted octanol–water partition coefficient (Wildman–Crippen LogP) is 7.88. The molecule has 1 amide bonds. The van der Waals surface area contributed by atoms with Gasteiger partial charge < -0.3 is 30.8 Å². The predicted molar refractivity (Wildman–Crippen MR) is 239 cm³/mol. The summed E-state index contributed by atoms with van der Waals surface area (Å²) in [5, 5.41) is 54.7. The molecule has 7 N–H and O–H groups in total.